The summed E-state index contributed by atoms with van der Waals surface area (Å²) >= 11 is 8.71. The molecule has 154 valence electrons. The van der Waals surface area contributed by atoms with E-state index in [4.69, 9.17) is 31.4 Å². The molecule has 1 aromatic carbocycles. The quantitative estimate of drug-likeness (QED) is 0.598. The predicted octanol–water partition coefficient (Wildman–Crippen LogP) is 3.54. The highest BCUT2D eigenvalue weighted by atomic mass is 32.1. The van der Waals surface area contributed by atoms with Crippen molar-refractivity contribution in [1.29, 1.82) is 0 Å². The van der Waals surface area contributed by atoms with Crippen LogP contribution in [0, 0.1) is 0 Å². The zero-order chi connectivity index (χ0) is 20.5. The van der Waals surface area contributed by atoms with Gasteiger partial charge in [0, 0.05) is 18.7 Å². The lowest BCUT2D eigenvalue weighted by Gasteiger charge is -2.26. The van der Waals surface area contributed by atoms with Crippen molar-refractivity contribution in [3.63, 3.8) is 0 Å². The third-order valence-corrected chi connectivity index (χ3v) is 7.17. The molecule has 0 unspecified atom stereocenters. The minimum Gasteiger partial charge on any atom is -0.454 e. The second-order valence-corrected chi connectivity index (χ2v) is 8.94. The molecule has 0 radical (unpaired) electrons. The molecule has 0 aliphatic carbocycles. The summed E-state index contributed by atoms with van der Waals surface area (Å²) in [6.07, 6.45) is 0. The van der Waals surface area contributed by atoms with Gasteiger partial charge in [-0.3, -0.25) is 4.79 Å². The van der Waals surface area contributed by atoms with Crippen LogP contribution in [0.15, 0.2) is 35.7 Å². The fourth-order valence-electron chi connectivity index (χ4n) is 3.20. The van der Waals surface area contributed by atoms with Gasteiger partial charge in [-0.25, -0.2) is 4.98 Å². The molecule has 3 aromatic rings. The number of nitrogens with one attached hydrogen (secondary N) is 1. The highest BCUT2D eigenvalue weighted by Crippen LogP contribution is 2.36. The standard InChI is InChI=1S/C20H17N3O4S3/c24-18(12-3-4-13-14(10-12)27-11-26-13)22-19(28)17-16(15-2-1-9-29-15)21-20(30-17)23-5-7-25-8-6-23/h1-4,9-10H,5-8,11H2,(H,22,24,28). The van der Waals surface area contributed by atoms with Crippen molar-refractivity contribution in [3.8, 4) is 22.1 Å². The van der Waals surface area contributed by atoms with E-state index in [9.17, 15) is 4.79 Å². The van der Waals surface area contributed by atoms with E-state index >= 15 is 0 Å². The number of aromatic nitrogens is 1. The van der Waals surface area contributed by atoms with Gasteiger partial charge in [0.2, 0.25) is 6.79 Å². The Bertz CT molecular complexity index is 1090. The Morgan fingerprint density at radius 1 is 1.17 bits per heavy atom. The molecule has 30 heavy (non-hydrogen) atoms. The monoisotopic (exact) mass is 459 g/mol. The minimum absolute atomic E-state index is 0.161. The summed E-state index contributed by atoms with van der Waals surface area (Å²) in [6, 6.07) is 9.06. The number of benzene rings is 1. The fraction of sp³-hybridized carbons (Fsp3) is 0.250. The number of fused-ring (bicyclic) bond motifs is 1. The Hall–Kier alpha value is -2.53. The molecule has 0 atom stereocenters. The highest BCUT2D eigenvalue weighted by Gasteiger charge is 2.24. The number of thiocarbonyl (C=S) groups is 1. The smallest absolute Gasteiger partial charge is 0.256 e. The number of carbonyl (C=O) groups is 1. The molecule has 1 fully saturated rings. The van der Waals surface area contributed by atoms with Crippen LogP contribution in [0.3, 0.4) is 0 Å². The topological polar surface area (TPSA) is 72.9 Å². The lowest BCUT2D eigenvalue weighted by atomic mass is 10.2. The first-order valence-electron chi connectivity index (χ1n) is 9.32. The normalized spacial score (nSPS) is 15.3. The van der Waals surface area contributed by atoms with Crippen LogP contribution in [-0.4, -0.2) is 49.0 Å². The zero-order valence-electron chi connectivity index (χ0n) is 15.8. The molecule has 2 aliphatic heterocycles. The molecule has 10 heteroatoms. The molecule has 0 bridgehead atoms. The number of rotatable bonds is 4. The zero-order valence-corrected chi connectivity index (χ0v) is 18.2. The second-order valence-electron chi connectivity index (χ2n) is 6.60. The Balaban J connectivity index is 1.41. The van der Waals surface area contributed by atoms with Crippen molar-refractivity contribution >= 4 is 50.9 Å². The van der Waals surface area contributed by atoms with E-state index in [1.807, 2.05) is 17.5 Å². The van der Waals surface area contributed by atoms with Crippen LogP contribution in [0.1, 0.15) is 15.2 Å². The average molecular weight is 460 g/mol. The molecule has 0 saturated carbocycles. The molecule has 0 spiro atoms. The van der Waals surface area contributed by atoms with Crippen LogP contribution in [0.25, 0.3) is 10.6 Å². The number of nitrogens with zero attached hydrogens (tertiary/aromatic N) is 2. The average Bonchev–Trinajstić information content (AvgIpc) is 3.53. The summed E-state index contributed by atoms with van der Waals surface area (Å²) < 4.78 is 16.1. The number of hydrogen-bond acceptors (Lipinski definition) is 9. The van der Waals surface area contributed by atoms with Crippen LogP contribution in [0.2, 0.25) is 0 Å². The van der Waals surface area contributed by atoms with Gasteiger partial charge in [0.15, 0.2) is 16.6 Å². The number of thiazole rings is 1. The minimum atomic E-state index is -0.295. The summed E-state index contributed by atoms with van der Waals surface area (Å²) in [6.45, 7) is 3.08. The van der Waals surface area contributed by atoms with E-state index < -0.39 is 0 Å². The van der Waals surface area contributed by atoms with E-state index in [2.05, 4.69) is 10.2 Å². The Labute approximate surface area is 186 Å². The maximum absolute atomic E-state index is 12.8. The van der Waals surface area contributed by atoms with Crippen LogP contribution < -0.4 is 19.7 Å². The van der Waals surface area contributed by atoms with Gasteiger partial charge in [-0.05, 0) is 29.6 Å². The van der Waals surface area contributed by atoms with Gasteiger partial charge >= 0.3 is 0 Å². The van der Waals surface area contributed by atoms with Crippen LogP contribution in [0.5, 0.6) is 11.5 Å². The van der Waals surface area contributed by atoms with Gasteiger partial charge in [0.25, 0.3) is 5.91 Å². The van der Waals surface area contributed by atoms with Crippen LogP contribution >= 0.6 is 34.9 Å². The first kappa shape index (κ1) is 19.4. The number of thiophene rings is 1. The SMILES string of the molecule is O=C(NC(=S)c1sc(N2CCOCC2)nc1-c1cccs1)c1ccc2c(c1)OCO2. The van der Waals surface area contributed by atoms with Gasteiger partial charge < -0.3 is 24.4 Å². The highest BCUT2D eigenvalue weighted by molar-refractivity contribution is 7.81. The lowest BCUT2D eigenvalue weighted by molar-refractivity contribution is 0.0977. The molecular weight excluding hydrogens is 442 g/mol. The summed E-state index contributed by atoms with van der Waals surface area (Å²) in [5.74, 6) is 0.892. The van der Waals surface area contributed by atoms with E-state index in [1.165, 1.54) is 11.3 Å². The molecule has 7 nitrogen and oxygen atoms in total. The number of anilines is 1. The Morgan fingerprint density at radius 2 is 2.00 bits per heavy atom. The van der Waals surface area contributed by atoms with Gasteiger partial charge in [-0.1, -0.05) is 29.6 Å². The van der Waals surface area contributed by atoms with Crippen molar-refractivity contribution < 1.29 is 19.0 Å². The van der Waals surface area contributed by atoms with Gasteiger partial charge in [-0.2, -0.15) is 0 Å². The molecule has 1 saturated heterocycles. The van der Waals surface area contributed by atoms with Gasteiger partial charge in [0.05, 0.1) is 23.0 Å². The number of carbonyl (C=O) groups excluding carboxylic acids is 1. The second kappa shape index (κ2) is 8.31. The van der Waals surface area contributed by atoms with E-state index in [0.717, 1.165) is 33.7 Å². The van der Waals surface area contributed by atoms with Crippen molar-refractivity contribution in [2.45, 2.75) is 0 Å². The molecule has 2 aliphatic rings. The summed E-state index contributed by atoms with van der Waals surface area (Å²) in [4.78, 5) is 22.0. The van der Waals surface area contributed by atoms with Gasteiger partial charge in [0.1, 0.15) is 10.7 Å². The summed E-state index contributed by atoms with van der Waals surface area (Å²) in [7, 11) is 0. The summed E-state index contributed by atoms with van der Waals surface area (Å²) in [5.41, 5.74) is 1.25. The predicted molar refractivity (Wildman–Crippen MR) is 120 cm³/mol. The van der Waals surface area contributed by atoms with Crippen molar-refractivity contribution in [3.05, 3.63) is 46.2 Å². The Kier molecular flexibility index (Phi) is 5.38. The van der Waals surface area contributed by atoms with Crippen molar-refractivity contribution in [2.75, 3.05) is 38.0 Å². The van der Waals surface area contributed by atoms with E-state index in [0.29, 0.717) is 35.3 Å². The molecule has 5 rings (SSSR count). The number of hydrogen-bond donors (Lipinski definition) is 1. The third-order valence-electron chi connectivity index (χ3n) is 4.72. The van der Waals surface area contributed by atoms with E-state index in [1.54, 1.807) is 29.5 Å². The molecule has 1 N–H and O–H groups in total. The van der Waals surface area contributed by atoms with E-state index in [-0.39, 0.29) is 12.7 Å². The summed E-state index contributed by atoms with van der Waals surface area (Å²) in [5, 5.41) is 5.74. The Morgan fingerprint density at radius 3 is 2.80 bits per heavy atom. The molecule has 2 aromatic heterocycles. The van der Waals surface area contributed by atoms with Crippen molar-refractivity contribution in [1.82, 2.24) is 10.3 Å². The lowest BCUT2D eigenvalue weighted by Crippen LogP contribution is -2.36. The number of amides is 1. The van der Waals surface area contributed by atoms with Crippen LogP contribution in [0.4, 0.5) is 5.13 Å². The van der Waals surface area contributed by atoms with Crippen molar-refractivity contribution in [2.24, 2.45) is 0 Å². The molecule has 1 amide bonds. The maximum atomic E-state index is 12.8. The first-order chi connectivity index (χ1) is 14.7. The molecular formula is C20H17N3O4S3. The first-order valence-corrected chi connectivity index (χ1v) is 11.4. The molecule has 4 heterocycles. The number of ether oxygens (including phenoxy) is 3. The van der Waals surface area contributed by atoms with Crippen LogP contribution in [-0.2, 0) is 4.74 Å². The van der Waals surface area contributed by atoms with Gasteiger partial charge in [-0.15, -0.1) is 11.3 Å². The largest absolute Gasteiger partial charge is 0.454 e. The fourth-order valence-corrected chi connectivity index (χ4v) is 5.33. The number of morpholine rings is 1. The third kappa shape index (κ3) is 3.79. The maximum Gasteiger partial charge on any atom is 0.256 e.